The molecule has 25 heavy (non-hydrogen) atoms. The zero-order chi connectivity index (χ0) is 17.5. The van der Waals surface area contributed by atoms with Crippen LogP contribution < -0.4 is 15.0 Å². The Morgan fingerprint density at radius 1 is 1.24 bits per heavy atom. The minimum Gasteiger partial charge on any atom is -0.484 e. The first-order valence-corrected chi connectivity index (χ1v) is 8.00. The first-order chi connectivity index (χ1) is 12.2. The van der Waals surface area contributed by atoms with Crippen molar-refractivity contribution >= 4 is 11.9 Å². The zero-order valence-corrected chi connectivity index (χ0v) is 13.7. The molecule has 0 spiro atoms. The molecule has 0 saturated carbocycles. The molecule has 0 atom stereocenters. The molecule has 8 heteroatoms. The average molecular weight is 346 g/mol. The molecule has 0 unspecified atom stereocenters. The highest BCUT2D eigenvalue weighted by Gasteiger charge is 2.14. The molecule has 1 aromatic heterocycles. The number of hydrogen-bond acceptors (Lipinski definition) is 6. The van der Waals surface area contributed by atoms with Crippen LogP contribution in [0.25, 0.3) is 0 Å². The molecule has 0 radical (unpaired) electrons. The van der Waals surface area contributed by atoms with Crippen molar-refractivity contribution < 1.29 is 18.7 Å². The second kappa shape index (κ2) is 8.39. The highest BCUT2D eigenvalue weighted by Crippen LogP contribution is 2.11. The Hall–Kier alpha value is -2.74. The number of aromatic nitrogens is 2. The van der Waals surface area contributed by atoms with E-state index in [9.17, 15) is 9.18 Å². The van der Waals surface area contributed by atoms with E-state index >= 15 is 0 Å². The topological polar surface area (TPSA) is 76.6 Å². The van der Waals surface area contributed by atoms with E-state index in [-0.39, 0.29) is 24.9 Å². The molecule has 2 heterocycles. The number of benzene rings is 1. The van der Waals surface area contributed by atoms with Gasteiger partial charge in [0.1, 0.15) is 11.6 Å². The van der Waals surface area contributed by atoms with Gasteiger partial charge in [-0.05, 0) is 30.3 Å². The standard InChI is InChI=1S/C17H19FN4O3/c18-13-1-3-15(4-2-13)25-12-16(23)20-11-14-5-6-19-17(21-14)22-7-9-24-10-8-22/h1-6H,7-12H2,(H,20,23). The summed E-state index contributed by atoms with van der Waals surface area (Å²) in [5.41, 5.74) is 0.714. The van der Waals surface area contributed by atoms with Gasteiger partial charge in [-0.2, -0.15) is 0 Å². The average Bonchev–Trinajstić information content (AvgIpc) is 2.67. The minimum absolute atomic E-state index is 0.146. The predicted octanol–water partition coefficient (Wildman–Crippen LogP) is 1.15. The number of anilines is 1. The smallest absolute Gasteiger partial charge is 0.258 e. The van der Waals surface area contributed by atoms with Gasteiger partial charge in [0, 0.05) is 19.3 Å². The maximum absolute atomic E-state index is 12.8. The molecule has 1 amide bonds. The van der Waals surface area contributed by atoms with Gasteiger partial charge in [0.25, 0.3) is 5.91 Å². The summed E-state index contributed by atoms with van der Waals surface area (Å²) < 4.78 is 23.4. The summed E-state index contributed by atoms with van der Waals surface area (Å²) in [6.45, 7) is 2.96. The number of carbonyl (C=O) groups excluding carboxylic acids is 1. The normalized spacial score (nSPS) is 14.2. The predicted molar refractivity (Wildman–Crippen MR) is 88.8 cm³/mol. The molecule has 1 aliphatic heterocycles. The van der Waals surface area contributed by atoms with Crippen molar-refractivity contribution in [3.63, 3.8) is 0 Å². The third-order valence-corrected chi connectivity index (χ3v) is 3.64. The number of amides is 1. The Morgan fingerprint density at radius 3 is 2.76 bits per heavy atom. The van der Waals surface area contributed by atoms with Gasteiger partial charge in [-0.1, -0.05) is 0 Å². The molecule has 7 nitrogen and oxygen atoms in total. The quantitative estimate of drug-likeness (QED) is 0.846. The molecule has 132 valence electrons. The Kier molecular flexibility index (Phi) is 5.73. The van der Waals surface area contributed by atoms with Crippen LogP contribution in [0.5, 0.6) is 5.75 Å². The SMILES string of the molecule is O=C(COc1ccc(F)cc1)NCc1ccnc(N2CCOCC2)n1. The lowest BCUT2D eigenvalue weighted by Gasteiger charge is -2.26. The summed E-state index contributed by atoms with van der Waals surface area (Å²) in [4.78, 5) is 22.6. The van der Waals surface area contributed by atoms with E-state index < -0.39 is 0 Å². The largest absolute Gasteiger partial charge is 0.484 e. The maximum Gasteiger partial charge on any atom is 0.258 e. The molecular formula is C17H19FN4O3. The summed E-state index contributed by atoms with van der Waals surface area (Å²) in [5, 5.41) is 2.74. The second-order valence-electron chi connectivity index (χ2n) is 5.47. The number of nitrogens with zero attached hydrogens (tertiary/aromatic N) is 3. The van der Waals surface area contributed by atoms with Crippen LogP contribution in [0, 0.1) is 5.82 Å². The van der Waals surface area contributed by atoms with Crippen LogP contribution in [-0.4, -0.2) is 48.8 Å². The fourth-order valence-electron chi connectivity index (χ4n) is 2.32. The summed E-state index contributed by atoms with van der Waals surface area (Å²) in [6, 6.07) is 7.26. The highest BCUT2D eigenvalue weighted by atomic mass is 19.1. The van der Waals surface area contributed by atoms with E-state index in [1.807, 2.05) is 4.90 Å². The van der Waals surface area contributed by atoms with Gasteiger partial charge in [-0.25, -0.2) is 14.4 Å². The zero-order valence-electron chi connectivity index (χ0n) is 13.7. The lowest BCUT2D eigenvalue weighted by Crippen LogP contribution is -2.37. The van der Waals surface area contributed by atoms with Gasteiger partial charge in [0.15, 0.2) is 6.61 Å². The Balaban J connectivity index is 1.47. The summed E-state index contributed by atoms with van der Waals surface area (Å²) in [5.74, 6) is 0.443. The van der Waals surface area contributed by atoms with Crippen LogP contribution in [-0.2, 0) is 16.1 Å². The fraction of sp³-hybridized carbons (Fsp3) is 0.353. The van der Waals surface area contributed by atoms with E-state index in [2.05, 4.69) is 15.3 Å². The first-order valence-electron chi connectivity index (χ1n) is 8.00. The summed E-state index contributed by atoms with van der Waals surface area (Å²) >= 11 is 0. The fourth-order valence-corrected chi connectivity index (χ4v) is 2.32. The van der Waals surface area contributed by atoms with Crippen molar-refractivity contribution in [3.8, 4) is 5.75 Å². The Labute approximate surface area is 144 Å². The third kappa shape index (κ3) is 5.12. The molecule has 0 bridgehead atoms. The van der Waals surface area contributed by atoms with Gasteiger partial charge >= 0.3 is 0 Å². The van der Waals surface area contributed by atoms with Crippen LogP contribution in [0.4, 0.5) is 10.3 Å². The highest BCUT2D eigenvalue weighted by molar-refractivity contribution is 5.77. The van der Waals surface area contributed by atoms with Crippen LogP contribution in [0.15, 0.2) is 36.5 Å². The van der Waals surface area contributed by atoms with Crippen LogP contribution in [0.2, 0.25) is 0 Å². The van der Waals surface area contributed by atoms with Crippen LogP contribution in [0.1, 0.15) is 5.69 Å². The number of hydrogen-bond donors (Lipinski definition) is 1. The Bertz CT molecular complexity index is 705. The van der Waals surface area contributed by atoms with E-state index in [1.165, 1.54) is 24.3 Å². The lowest BCUT2D eigenvalue weighted by atomic mass is 10.3. The summed E-state index contributed by atoms with van der Waals surface area (Å²) in [7, 11) is 0. The number of morpholine rings is 1. The van der Waals surface area contributed by atoms with E-state index in [4.69, 9.17) is 9.47 Å². The monoisotopic (exact) mass is 346 g/mol. The van der Waals surface area contributed by atoms with Crippen molar-refractivity contribution in [2.75, 3.05) is 37.8 Å². The van der Waals surface area contributed by atoms with E-state index in [0.717, 1.165) is 13.1 Å². The van der Waals surface area contributed by atoms with Gasteiger partial charge in [0.05, 0.1) is 25.5 Å². The van der Waals surface area contributed by atoms with Gasteiger partial charge in [-0.15, -0.1) is 0 Å². The number of halogens is 1. The molecule has 3 rings (SSSR count). The van der Waals surface area contributed by atoms with E-state index in [1.54, 1.807) is 12.3 Å². The minimum atomic E-state index is -0.350. The Morgan fingerprint density at radius 2 is 2.00 bits per heavy atom. The van der Waals surface area contributed by atoms with Crippen LogP contribution in [0.3, 0.4) is 0 Å². The lowest BCUT2D eigenvalue weighted by molar-refractivity contribution is -0.123. The third-order valence-electron chi connectivity index (χ3n) is 3.64. The van der Waals surface area contributed by atoms with Crippen molar-refractivity contribution in [2.24, 2.45) is 0 Å². The maximum atomic E-state index is 12.8. The van der Waals surface area contributed by atoms with Crippen molar-refractivity contribution in [2.45, 2.75) is 6.54 Å². The summed E-state index contributed by atoms with van der Waals surface area (Å²) in [6.07, 6.45) is 1.67. The van der Waals surface area contributed by atoms with Crippen molar-refractivity contribution in [3.05, 3.63) is 48.0 Å². The second-order valence-corrected chi connectivity index (χ2v) is 5.47. The molecule has 2 aromatic rings. The van der Waals surface area contributed by atoms with E-state index in [0.29, 0.717) is 30.6 Å². The first kappa shape index (κ1) is 17.1. The number of ether oxygens (including phenoxy) is 2. The molecule has 0 aliphatic carbocycles. The van der Waals surface area contributed by atoms with Gasteiger partial charge < -0.3 is 19.7 Å². The number of nitrogens with one attached hydrogen (secondary N) is 1. The number of carbonyl (C=O) groups is 1. The number of rotatable bonds is 6. The molecular weight excluding hydrogens is 327 g/mol. The molecule has 1 aromatic carbocycles. The molecule has 1 aliphatic rings. The van der Waals surface area contributed by atoms with Crippen molar-refractivity contribution in [1.29, 1.82) is 0 Å². The van der Waals surface area contributed by atoms with Gasteiger partial charge in [-0.3, -0.25) is 4.79 Å². The van der Waals surface area contributed by atoms with Gasteiger partial charge in [0.2, 0.25) is 5.95 Å². The molecule has 1 fully saturated rings. The molecule has 1 saturated heterocycles. The van der Waals surface area contributed by atoms with Crippen LogP contribution >= 0.6 is 0 Å². The molecule has 1 N–H and O–H groups in total. The van der Waals surface area contributed by atoms with Crippen molar-refractivity contribution in [1.82, 2.24) is 15.3 Å².